The van der Waals surface area contributed by atoms with Crippen LogP contribution in [0.5, 0.6) is 0 Å². The Kier molecular flexibility index (Phi) is 4.88. The van der Waals surface area contributed by atoms with Crippen molar-refractivity contribution in [2.45, 2.75) is 25.3 Å². The van der Waals surface area contributed by atoms with Crippen LogP contribution in [-0.4, -0.2) is 18.0 Å². The largest absolute Gasteiger partial charge is 0.381 e. The summed E-state index contributed by atoms with van der Waals surface area (Å²) in [7, 11) is 0. The van der Waals surface area contributed by atoms with Crippen LogP contribution in [0.15, 0.2) is 48.5 Å². The summed E-state index contributed by atoms with van der Waals surface area (Å²) in [4.78, 5) is 10.3. The zero-order valence-electron chi connectivity index (χ0n) is 13.0. The first-order chi connectivity index (χ1) is 11.2. The van der Waals surface area contributed by atoms with E-state index in [0.29, 0.717) is 12.5 Å². The number of nitrogens with zero attached hydrogens (tertiary/aromatic N) is 1. The maximum Gasteiger partial charge on any atom is 0.269 e. The Balaban J connectivity index is 1.69. The van der Waals surface area contributed by atoms with Crippen LogP contribution in [-0.2, 0) is 6.54 Å². The lowest BCUT2D eigenvalue weighted by molar-refractivity contribution is -0.384. The molecule has 2 N–H and O–H groups in total. The Morgan fingerprint density at radius 1 is 1.17 bits per heavy atom. The lowest BCUT2D eigenvalue weighted by Gasteiger charge is -2.25. The first-order valence-corrected chi connectivity index (χ1v) is 8.01. The van der Waals surface area contributed by atoms with Gasteiger partial charge in [0.05, 0.1) is 4.92 Å². The quantitative estimate of drug-likeness (QED) is 0.653. The molecule has 0 saturated carbocycles. The second-order valence-electron chi connectivity index (χ2n) is 5.91. The highest BCUT2D eigenvalue weighted by Crippen LogP contribution is 2.29. The lowest BCUT2D eigenvalue weighted by atomic mass is 9.90. The summed E-state index contributed by atoms with van der Waals surface area (Å²) in [5, 5.41) is 17.6. The summed E-state index contributed by atoms with van der Waals surface area (Å²) < 4.78 is 0. The van der Waals surface area contributed by atoms with Crippen molar-refractivity contribution in [3.8, 4) is 0 Å². The summed E-state index contributed by atoms with van der Waals surface area (Å²) in [6.07, 6.45) is 2.42. The Bertz CT molecular complexity index is 664. The van der Waals surface area contributed by atoms with Gasteiger partial charge < -0.3 is 10.6 Å². The second-order valence-corrected chi connectivity index (χ2v) is 5.91. The molecule has 23 heavy (non-hydrogen) atoms. The van der Waals surface area contributed by atoms with Crippen LogP contribution in [0.3, 0.4) is 0 Å². The number of hydrogen-bond donors (Lipinski definition) is 2. The first-order valence-electron chi connectivity index (χ1n) is 8.01. The fourth-order valence-electron chi connectivity index (χ4n) is 3.06. The molecule has 5 heteroatoms. The summed E-state index contributed by atoms with van der Waals surface area (Å²) in [5.74, 6) is 0.546. The van der Waals surface area contributed by atoms with Crippen molar-refractivity contribution in [3.05, 3.63) is 69.8 Å². The van der Waals surface area contributed by atoms with Crippen LogP contribution in [0, 0.1) is 10.1 Å². The van der Waals surface area contributed by atoms with Crippen LogP contribution in [0.25, 0.3) is 0 Å². The Morgan fingerprint density at radius 3 is 2.65 bits per heavy atom. The average Bonchev–Trinajstić information content (AvgIpc) is 2.61. The highest BCUT2D eigenvalue weighted by Gasteiger charge is 2.17. The van der Waals surface area contributed by atoms with Crippen molar-refractivity contribution in [1.29, 1.82) is 0 Å². The maximum absolute atomic E-state index is 10.7. The van der Waals surface area contributed by atoms with Gasteiger partial charge in [-0.2, -0.15) is 0 Å². The van der Waals surface area contributed by atoms with Gasteiger partial charge in [0.2, 0.25) is 0 Å². The Hall–Kier alpha value is -2.40. The zero-order valence-corrected chi connectivity index (χ0v) is 13.0. The molecule has 0 bridgehead atoms. The van der Waals surface area contributed by atoms with Crippen molar-refractivity contribution in [2.75, 3.05) is 18.4 Å². The fourth-order valence-corrected chi connectivity index (χ4v) is 3.06. The smallest absolute Gasteiger partial charge is 0.269 e. The number of nitrogens with one attached hydrogen (secondary N) is 2. The van der Waals surface area contributed by atoms with Gasteiger partial charge in [0.15, 0.2) is 0 Å². The number of benzene rings is 2. The standard InChI is InChI=1S/C18H21N3O2/c22-21(23)16-9-7-14(8-10-16)12-20-18-6-2-1-5-17(18)15-4-3-11-19-13-15/h1-2,5-10,15,19-20H,3-4,11-13H2. The van der Waals surface area contributed by atoms with Gasteiger partial charge in [0.25, 0.3) is 5.69 Å². The molecule has 0 aliphatic carbocycles. The predicted octanol–water partition coefficient (Wildman–Crippen LogP) is 3.67. The van der Waals surface area contributed by atoms with Crippen LogP contribution in [0.4, 0.5) is 11.4 Å². The molecule has 1 saturated heterocycles. The van der Waals surface area contributed by atoms with E-state index in [1.54, 1.807) is 24.3 Å². The van der Waals surface area contributed by atoms with Crippen molar-refractivity contribution >= 4 is 11.4 Å². The molecule has 1 unspecified atom stereocenters. The third kappa shape index (κ3) is 3.87. The summed E-state index contributed by atoms with van der Waals surface area (Å²) >= 11 is 0. The number of nitro groups is 1. The van der Waals surface area contributed by atoms with Gasteiger partial charge in [0, 0.05) is 30.9 Å². The molecule has 2 aromatic rings. The minimum Gasteiger partial charge on any atom is -0.381 e. The van der Waals surface area contributed by atoms with E-state index < -0.39 is 0 Å². The van der Waals surface area contributed by atoms with E-state index in [1.165, 1.54) is 18.4 Å². The topological polar surface area (TPSA) is 67.2 Å². The highest BCUT2D eigenvalue weighted by molar-refractivity contribution is 5.53. The molecule has 3 rings (SSSR count). The predicted molar refractivity (Wildman–Crippen MR) is 91.7 cm³/mol. The van der Waals surface area contributed by atoms with Gasteiger partial charge in [-0.05, 0) is 42.5 Å². The van der Waals surface area contributed by atoms with Gasteiger partial charge in [-0.15, -0.1) is 0 Å². The molecule has 0 radical (unpaired) electrons. The molecule has 1 aliphatic rings. The molecule has 1 heterocycles. The van der Waals surface area contributed by atoms with Crippen LogP contribution in [0.1, 0.15) is 29.9 Å². The lowest BCUT2D eigenvalue weighted by Crippen LogP contribution is -2.28. The van der Waals surface area contributed by atoms with Crippen molar-refractivity contribution in [3.63, 3.8) is 0 Å². The van der Waals surface area contributed by atoms with E-state index in [1.807, 2.05) is 6.07 Å². The Morgan fingerprint density at radius 2 is 1.96 bits per heavy atom. The summed E-state index contributed by atoms with van der Waals surface area (Å²) in [6, 6.07) is 15.1. The molecule has 0 aromatic heterocycles. The SMILES string of the molecule is O=[N+]([O-])c1ccc(CNc2ccccc2C2CCCNC2)cc1. The average molecular weight is 311 g/mol. The first kappa shape index (κ1) is 15.5. The number of rotatable bonds is 5. The molecule has 0 amide bonds. The van der Waals surface area contributed by atoms with Gasteiger partial charge in [-0.25, -0.2) is 0 Å². The van der Waals surface area contributed by atoms with Gasteiger partial charge in [-0.3, -0.25) is 10.1 Å². The molecule has 5 nitrogen and oxygen atoms in total. The number of para-hydroxylation sites is 1. The summed E-state index contributed by atoms with van der Waals surface area (Å²) in [6.45, 7) is 2.79. The van der Waals surface area contributed by atoms with E-state index in [9.17, 15) is 10.1 Å². The van der Waals surface area contributed by atoms with Gasteiger partial charge >= 0.3 is 0 Å². The number of hydrogen-bond acceptors (Lipinski definition) is 4. The summed E-state index contributed by atoms with van der Waals surface area (Å²) in [5.41, 5.74) is 3.66. The number of non-ortho nitro benzene ring substituents is 1. The van der Waals surface area contributed by atoms with Gasteiger partial charge in [-0.1, -0.05) is 30.3 Å². The molecule has 1 fully saturated rings. The highest BCUT2D eigenvalue weighted by atomic mass is 16.6. The molecule has 2 aromatic carbocycles. The molecule has 1 aliphatic heterocycles. The second kappa shape index (κ2) is 7.24. The normalized spacial score (nSPS) is 17.7. The third-order valence-electron chi connectivity index (χ3n) is 4.33. The molecular formula is C18H21N3O2. The van der Waals surface area contributed by atoms with E-state index >= 15 is 0 Å². The number of nitro benzene ring substituents is 1. The molecule has 0 spiro atoms. The maximum atomic E-state index is 10.7. The molecular weight excluding hydrogens is 290 g/mol. The monoisotopic (exact) mass is 311 g/mol. The van der Waals surface area contributed by atoms with E-state index in [4.69, 9.17) is 0 Å². The Labute approximate surface area is 135 Å². The minimum atomic E-state index is -0.372. The van der Waals surface area contributed by atoms with E-state index in [0.717, 1.165) is 24.3 Å². The fraction of sp³-hybridized carbons (Fsp3) is 0.333. The molecule has 1 atom stereocenters. The van der Waals surface area contributed by atoms with Crippen molar-refractivity contribution in [2.24, 2.45) is 0 Å². The van der Waals surface area contributed by atoms with Crippen LogP contribution < -0.4 is 10.6 Å². The molecule has 120 valence electrons. The zero-order chi connectivity index (χ0) is 16.1. The minimum absolute atomic E-state index is 0.127. The van der Waals surface area contributed by atoms with E-state index in [2.05, 4.69) is 28.8 Å². The van der Waals surface area contributed by atoms with Crippen molar-refractivity contribution in [1.82, 2.24) is 5.32 Å². The van der Waals surface area contributed by atoms with Crippen molar-refractivity contribution < 1.29 is 4.92 Å². The van der Waals surface area contributed by atoms with E-state index in [-0.39, 0.29) is 10.6 Å². The van der Waals surface area contributed by atoms with Crippen LogP contribution in [0.2, 0.25) is 0 Å². The third-order valence-corrected chi connectivity index (χ3v) is 4.33. The number of piperidine rings is 1. The van der Waals surface area contributed by atoms with Gasteiger partial charge in [0.1, 0.15) is 0 Å². The number of anilines is 1. The van der Waals surface area contributed by atoms with Crippen LogP contribution >= 0.6 is 0 Å².